The molecule has 0 fully saturated rings. The van der Waals surface area contributed by atoms with Gasteiger partial charge in [0.25, 0.3) is 0 Å². The van der Waals surface area contributed by atoms with Crippen LogP contribution >= 0.6 is 0 Å². The lowest BCUT2D eigenvalue weighted by molar-refractivity contribution is 0.0480. The number of alkyl carbamates (subject to hydrolysis) is 1. The molecule has 7 nitrogen and oxygen atoms in total. The number of nitrogens with zero attached hydrogens (tertiary/aromatic N) is 3. The lowest BCUT2D eigenvalue weighted by Gasteiger charge is -2.25. The van der Waals surface area contributed by atoms with Crippen LogP contribution in [0.3, 0.4) is 0 Å². The first-order valence-electron chi connectivity index (χ1n) is 10.0. The van der Waals surface area contributed by atoms with Gasteiger partial charge in [-0.1, -0.05) is 19.9 Å². The van der Waals surface area contributed by atoms with Gasteiger partial charge in [0.15, 0.2) is 0 Å². The van der Waals surface area contributed by atoms with Crippen molar-refractivity contribution in [3.05, 3.63) is 41.7 Å². The number of carbonyl (C=O) groups is 1. The summed E-state index contributed by atoms with van der Waals surface area (Å²) in [5.41, 5.74) is 2.40. The Hall–Kier alpha value is -3.14. The summed E-state index contributed by atoms with van der Waals surface area (Å²) in [4.78, 5) is 12.2. The zero-order chi connectivity index (χ0) is 22.3. The number of aromatic nitrogens is 2. The fourth-order valence-corrected chi connectivity index (χ4v) is 2.96. The molecule has 0 aliphatic carbocycles. The molecule has 1 atom stereocenters. The molecule has 0 aliphatic heterocycles. The summed E-state index contributed by atoms with van der Waals surface area (Å²) in [5, 5.41) is 20.4. The van der Waals surface area contributed by atoms with E-state index < -0.39 is 11.7 Å². The molecule has 0 spiro atoms. The fourth-order valence-electron chi connectivity index (χ4n) is 2.96. The average Bonchev–Trinajstić information content (AvgIpc) is 2.64. The molecule has 1 N–H and O–H groups in total. The van der Waals surface area contributed by atoms with Gasteiger partial charge in [0, 0.05) is 5.56 Å². The second-order valence-electron chi connectivity index (χ2n) is 8.69. The van der Waals surface area contributed by atoms with Crippen LogP contribution < -0.4 is 10.1 Å². The van der Waals surface area contributed by atoms with E-state index >= 15 is 0 Å². The Kier molecular flexibility index (Phi) is 7.76. The van der Waals surface area contributed by atoms with Gasteiger partial charge in [0.05, 0.1) is 23.5 Å². The van der Waals surface area contributed by atoms with E-state index in [1.165, 1.54) is 0 Å². The Morgan fingerprint density at radius 3 is 2.57 bits per heavy atom. The molecule has 0 unspecified atom stereocenters. The first-order chi connectivity index (χ1) is 14.1. The maximum Gasteiger partial charge on any atom is 0.407 e. The van der Waals surface area contributed by atoms with Crippen LogP contribution in [0.15, 0.2) is 30.5 Å². The van der Waals surface area contributed by atoms with E-state index in [0.29, 0.717) is 17.2 Å². The van der Waals surface area contributed by atoms with E-state index in [0.717, 1.165) is 23.2 Å². The molecule has 0 bridgehead atoms. The standard InChI is InChI=1S/C23H30N4O3/c1-15(2)9-20(26-22(28)30-23(4,5)6)14-29-21-8-7-17(11-18(21)12-24)19-10-16(3)27-25-13-19/h7-8,10-11,13,15,20H,9,14H2,1-6H3,(H,26,28)/t20-/m0/s1. The number of ether oxygens (including phenoxy) is 2. The van der Waals surface area contributed by atoms with Crippen LogP contribution in [0, 0.1) is 24.2 Å². The van der Waals surface area contributed by atoms with E-state index in [9.17, 15) is 10.1 Å². The third-order valence-corrected chi connectivity index (χ3v) is 4.13. The van der Waals surface area contributed by atoms with E-state index in [-0.39, 0.29) is 12.6 Å². The van der Waals surface area contributed by atoms with Crippen LogP contribution in [0.4, 0.5) is 4.79 Å². The van der Waals surface area contributed by atoms with Crippen molar-refractivity contribution >= 4 is 6.09 Å². The smallest absolute Gasteiger partial charge is 0.407 e. The predicted molar refractivity (Wildman–Crippen MR) is 115 cm³/mol. The van der Waals surface area contributed by atoms with Crippen molar-refractivity contribution < 1.29 is 14.3 Å². The first kappa shape index (κ1) is 23.1. The summed E-state index contributed by atoms with van der Waals surface area (Å²) in [7, 11) is 0. The molecule has 0 saturated carbocycles. The maximum atomic E-state index is 12.2. The van der Waals surface area contributed by atoms with Crippen LogP contribution in [0.1, 0.15) is 52.3 Å². The highest BCUT2D eigenvalue weighted by Gasteiger charge is 2.21. The van der Waals surface area contributed by atoms with Crippen molar-refractivity contribution in [2.75, 3.05) is 6.61 Å². The zero-order valence-electron chi connectivity index (χ0n) is 18.5. The predicted octanol–water partition coefficient (Wildman–Crippen LogP) is 4.64. The van der Waals surface area contributed by atoms with Gasteiger partial charge < -0.3 is 14.8 Å². The minimum Gasteiger partial charge on any atom is -0.490 e. The summed E-state index contributed by atoms with van der Waals surface area (Å²) < 4.78 is 11.3. The second-order valence-corrected chi connectivity index (χ2v) is 8.69. The third kappa shape index (κ3) is 7.36. The molecule has 2 rings (SSSR count). The number of hydrogen-bond acceptors (Lipinski definition) is 6. The van der Waals surface area contributed by atoms with Crippen molar-refractivity contribution in [1.29, 1.82) is 5.26 Å². The monoisotopic (exact) mass is 410 g/mol. The number of benzene rings is 1. The fraction of sp³-hybridized carbons (Fsp3) is 0.478. The van der Waals surface area contributed by atoms with Gasteiger partial charge in [0.2, 0.25) is 0 Å². The minimum absolute atomic E-state index is 0.237. The minimum atomic E-state index is -0.572. The van der Waals surface area contributed by atoms with Gasteiger partial charge in [0.1, 0.15) is 24.0 Å². The molecule has 2 aromatic rings. The number of nitriles is 1. The van der Waals surface area contributed by atoms with E-state index in [4.69, 9.17) is 9.47 Å². The van der Waals surface area contributed by atoms with E-state index in [2.05, 4.69) is 35.4 Å². The van der Waals surface area contributed by atoms with Crippen LogP contribution in [0.5, 0.6) is 5.75 Å². The number of aryl methyl sites for hydroxylation is 1. The number of carbonyl (C=O) groups excluding carboxylic acids is 1. The van der Waals surface area contributed by atoms with Crippen molar-refractivity contribution in [3.63, 3.8) is 0 Å². The molecular formula is C23H30N4O3. The molecule has 7 heteroatoms. The van der Waals surface area contributed by atoms with Crippen molar-refractivity contribution in [1.82, 2.24) is 15.5 Å². The topological polar surface area (TPSA) is 97.1 Å². The third-order valence-electron chi connectivity index (χ3n) is 4.13. The summed E-state index contributed by atoms with van der Waals surface area (Å²) >= 11 is 0. The molecule has 30 heavy (non-hydrogen) atoms. The first-order valence-corrected chi connectivity index (χ1v) is 10.0. The molecule has 0 saturated heterocycles. The van der Waals surface area contributed by atoms with E-state index in [1.54, 1.807) is 18.3 Å². The van der Waals surface area contributed by atoms with Gasteiger partial charge in [-0.2, -0.15) is 15.5 Å². The van der Waals surface area contributed by atoms with Crippen molar-refractivity contribution in [3.8, 4) is 22.9 Å². The average molecular weight is 411 g/mol. The number of hydrogen-bond donors (Lipinski definition) is 1. The van der Waals surface area contributed by atoms with Crippen LogP contribution in [-0.4, -0.2) is 34.5 Å². The summed E-state index contributed by atoms with van der Waals surface area (Å²) in [6.07, 6.45) is 1.90. The van der Waals surface area contributed by atoms with Gasteiger partial charge in [-0.15, -0.1) is 0 Å². The van der Waals surface area contributed by atoms with Crippen LogP contribution in [0.2, 0.25) is 0 Å². The summed E-state index contributed by atoms with van der Waals surface area (Å²) in [6.45, 7) is 11.7. The molecule has 1 aromatic heterocycles. The highest BCUT2D eigenvalue weighted by Crippen LogP contribution is 2.26. The molecule has 0 aliphatic rings. The Balaban J connectivity index is 2.12. The highest BCUT2D eigenvalue weighted by molar-refractivity contribution is 5.68. The Labute approximate surface area is 178 Å². The largest absolute Gasteiger partial charge is 0.490 e. The molecule has 1 amide bonds. The van der Waals surface area contributed by atoms with Gasteiger partial charge in [-0.3, -0.25) is 0 Å². The Bertz CT molecular complexity index is 913. The van der Waals surface area contributed by atoms with E-state index in [1.807, 2.05) is 39.8 Å². The Morgan fingerprint density at radius 2 is 1.97 bits per heavy atom. The van der Waals surface area contributed by atoms with Crippen molar-refractivity contribution in [2.24, 2.45) is 5.92 Å². The van der Waals surface area contributed by atoms with Crippen LogP contribution in [0.25, 0.3) is 11.1 Å². The maximum absolute atomic E-state index is 12.2. The quantitative estimate of drug-likeness (QED) is 0.714. The Morgan fingerprint density at radius 1 is 1.23 bits per heavy atom. The summed E-state index contributed by atoms with van der Waals surface area (Å²) in [6, 6.07) is 9.27. The zero-order valence-corrected chi connectivity index (χ0v) is 18.5. The molecule has 1 heterocycles. The van der Waals surface area contributed by atoms with Gasteiger partial charge in [-0.25, -0.2) is 4.79 Å². The molecule has 160 valence electrons. The number of rotatable bonds is 7. The highest BCUT2D eigenvalue weighted by atomic mass is 16.6. The molecule has 0 radical (unpaired) electrons. The molecule has 1 aromatic carbocycles. The van der Waals surface area contributed by atoms with Crippen LogP contribution in [-0.2, 0) is 4.74 Å². The van der Waals surface area contributed by atoms with Gasteiger partial charge >= 0.3 is 6.09 Å². The van der Waals surface area contributed by atoms with Crippen molar-refractivity contribution in [2.45, 2.75) is 59.6 Å². The second kappa shape index (κ2) is 10.1. The normalized spacial score (nSPS) is 12.2. The number of nitrogens with one attached hydrogen (secondary N) is 1. The number of amides is 1. The SMILES string of the molecule is Cc1cc(-c2ccc(OC[C@H](CC(C)C)NC(=O)OC(C)(C)C)c(C#N)c2)cnn1. The summed E-state index contributed by atoms with van der Waals surface area (Å²) in [5.74, 6) is 0.827. The molecular weight excluding hydrogens is 380 g/mol. The van der Waals surface area contributed by atoms with Gasteiger partial charge in [-0.05, 0) is 63.8 Å². The lowest BCUT2D eigenvalue weighted by Crippen LogP contribution is -2.42. The lowest BCUT2D eigenvalue weighted by atomic mass is 10.0.